The van der Waals surface area contributed by atoms with Gasteiger partial charge in [0.15, 0.2) is 0 Å². The van der Waals surface area contributed by atoms with E-state index >= 15 is 0 Å². The fourth-order valence-corrected chi connectivity index (χ4v) is 1.43. The zero-order valence-corrected chi connectivity index (χ0v) is 8.59. The van der Waals surface area contributed by atoms with Crippen molar-refractivity contribution in [2.45, 2.75) is 13.3 Å². The first-order chi connectivity index (χ1) is 6.74. The summed E-state index contributed by atoms with van der Waals surface area (Å²) >= 11 is 0. The van der Waals surface area contributed by atoms with Gasteiger partial charge in [0, 0.05) is 12.2 Å². The molecule has 1 aromatic carbocycles. The molecule has 0 atom stereocenters. The lowest BCUT2D eigenvalue weighted by Gasteiger charge is -2.07. The van der Waals surface area contributed by atoms with Gasteiger partial charge >= 0.3 is 0 Å². The molecule has 0 aliphatic heterocycles. The van der Waals surface area contributed by atoms with Crippen LogP contribution in [0.4, 0.5) is 5.69 Å². The van der Waals surface area contributed by atoms with Crippen molar-refractivity contribution in [1.29, 1.82) is 0 Å². The van der Waals surface area contributed by atoms with Gasteiger partial charge in [-0.05, 0) is 43.1 Å². The van der Waals surface area contributed by atoms with Crippen molar-refractivity contribution in [3.8, 4) is 0 Å². The van der Waals surface area contributed by atoms with Gasteiger partial charge in [0.2, 0.25) is 0 Å². The number of anilines is 1. The Hall–Kier alpha value is -1.06. The van der Waals surface area contributed by atoms with E-state index in [0.29, 0.717) is 6.54 Å². The molecule has 0 bridgehead atoms. The molecule has 0 saturated carbocycles. The fraction of sp³-hybridized carbons (Fsp3) is 0.455. The van der Waals surface area contributed by atoms with E-state index in [4.69, 9.17) is 10.8 Å². The second-order valence-electron chi connectivity index (χ2n) is 3.41. The van der Waals surface area contributed by atoms with Gasteiger partial charge in [0.1, 0.15) is 0 Å². The second kappa shape index (κ2) is 5.62. The molecule has 0 amide bonds. The third-order valence-corrected chi connectivity index (χ3v) is 2.23. The zero-order valence-electron chi connectivity index (χ0n) is 8.59. The van der Waals surface area contributed by atoms with Crippen LogP contribution in [0, 0.1) is 6.92 Å². The van der Waals surface area contributed by atoms with Gasteiger partial charge in [-0.1, -0.05) is 6.07 Å². The van der Waals surface area contributed by atoms with Crippen molar-refractivity contribution in [1.82, 2.24) is 5.32 Å². The summed E-state index contributed by atoms with van der Waals surface area (Å²) in [4.78, 5) is 0. The largest absolute Gasteiger partial charge is 0.399 e. The molecule has 3 heteroatoms. The van der Waals surface area contributed by atoms with E-state index in [9.17, 15) is 0 Å². The zero-order chi connectivity index (χ0) is 10.4. The van der Waals surface area contributed by atoms with E-state index in [0.717, 1.165) is 18.7 Å². The Labute approximate surface area is 84.9 Å². The summed E-state index contributed by atoms with van der Waals surface area (Å²) in [7, 11) is 0. The number of rotatable bonds is 5. The summed E-state index contributed by atoms with van der Waals surface area (Å²) in [5.41, 5.74) is 9.01. The highest BCUT2D eigenvalue weighted by Crippen LogP contribution is 2.12. The molecule has 0 heterocycles. The van der Waals surface area contributed by atoms with Gasteiger partial charge < -0.3 is 16.2 Å². The highest BCUT2D eigenvalue weighted by atomic mass is 16.3. The van der Waals surface area contributed by atoms with Crippen LogP contribution in [0.3, 0.4) is 0 Å². The van der Waals surface area contributed by atoms with Gasteiger partial charge in [-0.3, -0.25) is 0 Å². The first-order valence-electron chi connectivity index (χ1n) is 4.90. The van der Waals surface area contributed by atoms with Crippen molar-refractivity contribution in [3.05, 3.63) is 29.3 Å². The number of aryl methyl sites for hydroxylation is 1. The van der Waals surface area contributed by atoms with Gasteiger partial charge in [0.05, 0.1) is 6.61 Å². The molecule has 3 nitrogen and oxygen atoms in total. The first-order valence-corrected chi connectivity index (χ1v) is 4.90. The summed E-state index contributed by atoms with van der Waals surface area (Å²) in [6.07, 6.45) is 0.978. The van der Waals surface area contributed by atoms with Crippen LogP contribution in [0.25, 0.3) is 0 Å². The third kappa shape index (κ3) is 3.36. The Kier molecular flexibility index (Phi) is 4.43. The fourth-order valence-electron chi connectivity index (χ4n) is 1.43. The van der Waals surface area contributed by atoms with Crippen LogP contribution in [0.5, 0.6) is 0 Å². The van der Waals surface area contributed by atoms with E-state index in [1.54, 1.807) is 0 Å². The third-order valence-electron chi connectivity index (χ3n) is 2.23. The molecule has 0 aliphatic rings. The Bertz CT molecular complexity index is 287. The van der Waals surface area contributed by atoms with Crippen molar-refractivity contribution >= 4 is 5.69 Å². The molecule has 0 spiro atoms. The first kappa shape index (κ1) is 11.0. The van der Waals surface area contributed by atoms with E-state index in [1.165, 1.54) is 11.1 Å². The van der Waals surface area contributed by atoms with E-state index in [1.807, 2.05) is 12.1 Å². The lowest BCUT2D eigenvalue weighted by Crippen LogP contribution is -2.21. The highest BCUT2D eigenvalue weighted by Gasteiger charge is 1.97. The van der Waals surface area contributed by atoms with E-state index < -0.39 is 0 Å². The summed E-state index contributed by atoms with van der Waals surface area (Å²) in [6.45, 7) is 3.82. The summed E-state index contributed by atoms with van der Waals surface area (Å²) < 4.78 is 0. The summed E-state index contributed by atoms with van der Waals surface area (Å²) in [6, 6.07) is 5.97. The maximum absolute atomic E-state index is 8.58. The molecule has 0 aromatic heterocycles. The molecule has 0 radical (unpaired) electrons. The van der Waals surface area contributed by atoms with Crippen LogP contribution < -0.4 is 11.1 Å². The average molecular weight is 194 g/mol. The molecule has 0 unspecified atom stereocenters. The normalized spacial score (nSPS) is 10.4. The van der Waals surface area contributed by atoms with Gasteiger partial charge in [-0.25, -0.2) is 0 Å². The maximum atomic E-state index is 8.58. The SMILES string of the molecule is Cc1cc(N)ccc1CCNCCO. The number of aliphatic hydroxyl groups is 1. The van der Waals surface area contributed by atoms with Crippen molar-refractivity contribution in [2.75, 3.05) is 25.4 Å². The standard InChI is InChI=1S/C11H18N2O/c1-9-8-11(12)3-2-10(9)4-5-13-6-7-14/h2-3,8,13-14H,4-7,12H2,1H3. The predicted molar refractivity (Wildman–Crippen MR) is 59.3 cm³/mol. The minimum Gasteiger partial charge on any atom is -0.399 e. The molecule has 0 aliphatic carbocycles. The van der Waals surface area contributed by atoms with Crippen molar-refractivity contribution < 1.29 is 5.11 Å². The number of hydrogen-bond donors (Lipinski definition) is 3. The molecule has 78 valence electrons. The van der Waals surface area contributed by atoms with Crippen LogP contribution >= 0.6 is 0 Å². The van der Waals surface area contributed by atoms with Gasteiger partial charge in [-0.2, -0.15) is 0 Å². The number of nitrogens with two attached hydrogens (primary N) is 1. The van der Waals surface area contributed by atoms with Gasteiger partial charge in [0.25, 0.3) is 0 Å². The highest BCUT2D eigenvalue weighted by molar-refractivity contribution is 5.44. The predicted octanol–water partition coefficient (Wildman–Crippen LogP) is 0.702. The molecular weight excluding hydrogens is 176 g/mol. The smallest absolute Gasteiger partial charge is 0.0555 e. The topological polar surface area (TPSA) is 58.3 Å². The molecule has 1 aromatic rings. The quantitative estimate of drug-likeness (QED) is 0.478. The Balaban J connectivity index is 2.42. The average Bonchev–Trinajstić information content (AvgIpc) is 2.15. The molecule has 1 rings (SSSR count). The Morgan fingerprint density at radius 2 is 2.14 bits per heavy atom. The van der Waals surface area contributed by atoms with Crippen LogP contribution in [0.15, 0.2) is 18.2 Å². The molecule has 0 fully saturated rings. The molecule has 0 saturated heterocycles. The lowest BCUT2D eigenvalue weighted by atomic mass is 10.1. The van der Waals surface area contributed by atoms with Crippen molar-refractivity contribution in [2.24, 2.45) is 0 Å². The van der Waals surface area contributed by atoms with Crippen LogP contribution in [-0.2, 0) is 6.42 Å². The lowest BCUT2D eigenvalue weighted by molar-refractivity contribution is 0.293. The number of nitrogens with one attached hydrogen (secondary N) is 1. The van der Waals surface area contributed by atoms with Gasteiger partial charge in [-0.15, -0.1) is 0 Å². The van der Waals surface area contributed by atoms with E-state index in [-0.39, 0.29) is 6.61 Å². The summed E-state index contributed by atoms with van der Waals surface area (Å²) in [5.74, 6) is 0. The number of nitrogen functional groups attached to an aromatic ring is 1. The van der Waals surface area contributed by atoms with Crippen molar-refractivity contribution in [3.63, 3.8) is 0 Å². The van der Waals surface area contributed by atoms with Crippen LogP contribution in [0.1, 0.15) is 11.1 Å². The number of aliphatic hydroxyl groups excluding tert-OH is 1. The van der Waals surface area contributed by atoms with Crippen LogP contribution in [-0.4, -0.2) is 24.8 Å². The number of benzene rings is 1. The maximum Gasteiger partial charge on any atom is 0.0555 e. The minimum atomic E-state index is 0.195. The monoisotopic (exact) mass is 194 g/mol. The summed E-state index contributed by atoms with van der Waals surface area (Å²) in [5, 5.41) is 11.7. The van der Waals surface area contributed by atoms with E-state index in [2.05, 4.69) is 18.3 Å². The molecule has 4 N–H and O–H groups in total. The minimum absolute atomic E-state index is 0.195. The van der Waals surface area contributed by atoms with Crippen LogP contribution in [0.2, 0.25) is 0 Å². The Morgan fingerprint density at radius 3 is 2.79 bits per heavy atom. The number of hydrogen-bond acceptors (Lipinski definition) is 3. The molecule has 14 heavy (non-hydrogen) atoms. The molecular formula is C11H18N2O. The second-order valence-corrected chi connectivity index (χ2v) is 3.41. The Morgan fingerprint density at radius 1 is 1.36 bits per heavy atom.